The Labute approximate surface area is 116 Å². The van der Waals surface area contributed by atoms with Crippen molar-refractivity contribution >= 4 is 23.5 Å². The number of para-hydroxylation sites is 1. The summed E-state index contributed by atoms with van der Waals surface area (Å²) in [5.74, 6) is 0. The second-order valence-electron chi connectivity index (χ2n) is 4.18. The van der Waals surface area contributed by atoms with Gasteiger partial charge in [-0.15, -0.1) is 0 Å². The molecule has 20 heavy (non-hydrogen) atoms. The number of nitrogens with zero attached hydrogens (tertiary/aromatic N) is 2. The summed E-state index contributed by atoms with van der Waals surface area (Å²) in [5, 5.41) is 0. The Morgan fingerprint density at radius 1 is 0.800 bits per heavy atom. The predicted octanol–water partition coefficient (Wildman–Crippen LogP) is 3.41. The fourth-order valence-electron chi connectivity index (χ4n) is 2.02. The van der Waals surface area contributed by atoms with Gasteiger partial charge in [0.05, 0.1) is 0 Å². The zero-order chi connectivity index (χ0) is 14.2. The SMILES string of the molecule is O=C=Nc1cccc(CCc2ccccc2)c1N=C=O. The zero-order valence-corrected chi connectivity index (χ0v) is 10.7. The highest BCUT2D eigenvalue weighted by molar-refractivity contribution is 5.71. The Balaban J connectivity index is 2.29. The molecule has 0 amide bonds. The van der Waals surface area contributed by atoms with Crippen LogP contribution >= 0.6 is 0 Å². The summed E-state index contributed by atoms with van der Waals surface area (Å²) >= 11 is 0. The monoisotopic (exact) mass is 264 g/mol. The van der Waals surface area contributed by atoms with E-state index in [2.05, 4.69) is 9.98 Å². The third-order valence-electron chi connectivity index (χ3n) is 2.95. The number of isocyanates is 2. The molecule has 0 aromatic heterocycles. The normalized spacial score (nSPS) is 9.40. The van der Waals surface area contributed by atoms with E-state index < -0.39 is 0 Å². The molecule has 0 fully saturated rings. The van der Waals surface area contributed by atoms with Gasteiger partial charge >= 0.3 is 0 Å². The lowest BCUT2D eigenvalue weighted by atomic mass is 10.0. The second-order valence-corrected chi connectivity index (χ2v) is 4.18. The van der Waals surface area contributed by atoms with Gasteiger partial charge < -0.3 is 0 Å². The Hall–Kier alpha value is -2.80. The van der Waals surface area contributed by atoms with Gasteiger partial charge in [0, 0.05) is 0 Å². The Bertz CT molecular complexity index is 683. The van der Waals surface area contributed by atoms with Crippen molar-refractivity contribution in [3.05, 3.63) is 59.7 Å². The standard InChI is InChI=1S/C16H12N2O2/c19-11-17-15-8-4-7-14(16(15)18-12-20)10-9-13-5-2-1-3-6-13/h1-8H,9-10H2. The first-order chi connectivity index (χ1) is 9.85. The lowest BCUT2D eigenvalue weighted by molar-refractivity contribution is 0.564. The summed E-state index contributed by atoms with van der Waals surface area (Å²) in [5.41, 5.74) is 2.78. The van der Waals surface area contributed by atoms with Crippen molar-refractivity contribution < 1.29 is 9.59 Å². The average Bonchev–Trinajstić information content (AvgIpc) is 2.49. The molecule has 0 heterocycles. The van der Waals surface area contributed by atoms with Gasteiger partial charge in [-0.05, 0) is 30.0 Å². The van der Waals surface area contributed by atoms with Crippen LogP contribution in [0.2, 0.25) is 0 Å². The van der Waals surface area contributed by atoms with E-state index in [1.165, 1.54) is 17.7 Å². The quantitative estimate of drug-likeness (QED) is 0.613. The van der Waals surface area contributed by atoms with Gasteiger partial charge in [0.15, 0.2) is 0 Å². The first kappa shape index (κ1) is 13.6. The summed E-state index contributed by atoms with van der Waals surface area (Å²) in [6, 6.07) is 15.3. The van der Waals surface area contributed by atoms with Crippen LogP contribution in [-0.4, -0.2) is 12.2 Å². The summed E-state index contributed by atoms with van der Waals surface area (Å²) in [7, 11) is 0. The van der Waals surface area contributed by atoms with E-state index in [1.807, 2.05) is 36.4 Å². The maximum Gasteiger partial charge on any atom is 0.240 e. The van der Waals surface area contributed by atoms with Crippen LogP contribution in [0.5, 0.6) is 0 Å². The number of aryl methyl sites for hydroxylation is 2. The molecule has 98 valence electrons. The van der Waals surface area contributed by atoms with Gasteiger partial charge in [-0.1, -0.05) is 42.5 Å². The fraction of sp³-hybridized carbons (Fsp3) is 0.125. The van der Waals surface area contributed by atoms with Gasteiger partial charge in [-0.2, -0.15) is 9.98 Å². The van der Waals surface area contributed by atoms with Crippen molar-refractivity contribution in [1.82, 2.24) is 0 Å². The molecule has 2 aromatic rings. The Morgan fingerprint density at radius 3 is 2.25 bits per heavy atom. The van der Waals surface area contributed by atoms with E-state index in [9.17, 15) is 9.59 Å². The van der Waals surface area contributed by atoms with Crippen LogP contribution in [0.25, 0.3) is 0 Å². The van der Waals surface area contributed by atoms with Crippen LogP contribution in [0.4, 0.5) is 11.4 Å². The molecule has 0 aliphatic heterocycles. The smallest absolute Gasteiger partial charge is 0.211 e. The van der Waals surface area contributed by atoms with Crippen LogP contribution in [0, 0.1) is 0 Å². The van der Waals surface area contributed by atoms with Crippen molar-refractivity contribution in [2.45, 2.75) is 12.8 Å². The first-order valence-electron chi connectivity index (χ1n) is 6.16. The van der Waals surface area contributed by atoms with Gasteiger partial charge in [0.2, 0.25) is 12.2 Å². The molecule has 0 saturated heterocycles. The van der Waals surface area contributed by atoms with E-state index in [0.29, 0.717) is 17.8 Å². The minimum absolute atomic E-state index is 0.342. The van der Waals surface area contributed by atoms with Crippen LogP contribution in [0.3, 0.4) is 0 Å². The predicted molar refractivity (Wildman–Crippen MR) is 75.9 cm³/mol. The topological polar surface area (TPSA) is 58.9 Å². The van der Waals surface area contributed by atoms with Crippen LogP contribution in [0.15, 0.2) is 58.5 Å². The Morgan fingerprint density at radius 2 is 1.55 bits per heavy atom. The fourth-order valence-corrected chi connectivity index (χ4v) is 2.02. The highest BCUT2D eigenvalue weighted by Gasteiger charge is 2.07. The summed E-state index contributed by atoms with van der Waals surface area (Å²) < 4.78 is 0. The molecule has 2 rings (SSSR count). The van der Waals surface area contributed by atoms with Gasteiger partial charge in [0.25, 0.3) is 0 Å². The molecule has 0 aliphatic carbocycles. The minimum Gasteiger partial charge on any atom is -0.211 e. The Kier molecular flexibility index (Phi) is 4.74. The van der Waals surface area contributed by atoms with Crippen molar-refractivity contribution in [2.24, 2.45) is 9.98 Å². The third kappa shape index (κ3) is 3.36. The molecule has 0 radical (unpaired) electrons. The molecule has 0 saturated carbocycles. The summed E-state index contributed by atoms with van der Waals surface area (Å²) in [6.45, 7) is 0. The van der Waals surface area contributed by atoms with Crippen LogP contribution < -0.4 is 0 Å². The lowest BCUT2D eigenvalue weighted by Gasteiger charge is -2.06. The molecule has 0 unspecified atom stereocenters. The van der Waals surface area contributed by atoms with Crippen LogP contribution in [-0.2, 0) is 22.4 Å². The van der Waals surface area contributed by atoms with Crippen molar-refractivity contribution in [1.29, 1.82) is 0 Å². The van der Waals surface area contributed by atoms with E-state index >= 15 is 0 Å². The number of rotatable bonds is 5. The van der Waals surface area contributed by atoms with Gasteiger partial charge in [-0.25, -0.2) is 9.59 Å². The number of aliphatic imine (C=N–C) groups is 2. The molecule has 2 aromatic carbocycles. The molecular weight excluding hydrogens is 252 g/mol. The molecule has 4 heteroatoms. The largest absolute Gasteiger partial charge is 0.240 e. The van der Waals surface area contributed by atoms with Crippen molar-refractivity contribution in [3.8, 4) is 0 Å². The van der Waals surface area contributed by atoms with Gasteiger partial charge in [-0.3, -0.25) is 0 Å². The third-order valence-corrected chi connectivity index (χ3v) is 2.95. The number of benzene rings is 2. The number of hydrogen-bond acceptors (Lipinski definition) is 4. The van der Waals surface area contributed by atoms with Gasteiger partial charge in [0.1, 0.15) is 11.4 Å². The highest BCUT2D eigenvalue weighted by Crippen LogP contribution is 2.31. The van der Waals surface area contributed by atoms with E-state index in [-0.39, 0.29) is 0 Å². The second kappa shape index (κ2) is 6.95. The molecule has 4 nitrogen and oxygen atoms in total. The molecule has 0 N–H and O–H groups in total. The first-order valence-corrected chi connectivity index (χ1v) is 6.16. The maximum atomic E-state index is 10.5. The highest BCUT2D eigenvalue weighted by atomic mass is 16.1. The van der Waals surface area contributed by atoms with Crippen LogP contribution in [0.1, 0.15) is 11.1 Å². The molecule has 0 bridgehead atoms. The van der Waals surface area contributed by atoms with E-state index in [0.717, 1.165) is 12.0 Å². The maximum absolute atomic E-state index is 10.5. The number of carbonyl (C=O) groups excluding carboxylic acids is 2. The van der Waals surface area contributed by atoms with Crippen molar-refractivity contribution in [3.63, 3.8) is 0 Å². The van der Waals surface area contributed by atoms with E-state index in [4.69, 9.17) is 0 Å². The molecule has 0 atom stereocenters. The van der Waals surface area contributed by atoms with E-state index in [1.54, 1.807) is 12.1 Å². The number of hydrogen-bond donors (Lipinski definition) is 0. The van der Waals surface area contributed by atoms with Crippen molar-refractivity contribution in [2.75, 3.05) is 0 Å². The lowest BCUT2D eigenvalue weighted by Crippen LogP contribution is -1.91. The average molecular weight is 264 g/mol. The molecular formula is C16H12N2O2. The molecule has 0 aliphatic rings. The summed E-state index contributed by atoms with van der Waals surface area (Å²) in [4.78, 5) is 28.1. The zero-order valence-electron chi connectivity index (χ0n) is 10.7. The minimum atomic E-state index is 0.342. The summed E-state index contributed by atoms with van der Waals surface area (Å²) in [6.07, 6.45) is 4.49. The molecule has 0 spiro atoms.